The first kappa shape index (κ1) is 12.3. The SMILES string of the molecule is CNC(CNC1CC1)c1ccc(OC)c(F)c1. The lowest BCUT2D eigenvalue weighted by molar-refractivity contribution is 0.385. The maximum absolute atomic E-state index is 13.6. The Hall–Kier alpha value is -1.13. The number of rotatable bonds is 6. The van der Waals surface area contributed by atoms with Gasteiger partial charge in [0.25, 0.3) is 0 Å². The monoisotopic (exact) mass is 238 g/mol. The zero-order chi connectivity index (χ0) is 12.3. The molecule has 2 N–H and O–H groups in total. The predicted octanol–water partition coefficient (Wildman–Crippen LogP) is 1.85. The van der Waals surface area contributed by atoms with E-state index in [4.69, 9.17) is 4.74 Å². The van der Waals surface area contributed by atoms with E-state index in [-0.39, 0.29) is 11.9 Å². The maximum Gasteiger partial charge on any atom is 0.165 e. The van der Waals surface area contributed by atoms with E-state index in [9.17, 15) is 4.39 Å². The van der Waals surface area contributed by atoms with Gasteiger partial charge in [0, 0.05) is 18.6 Å². The summed E-state index contributed by atoms with van der Waals surface area (Å²) < 4.78 is 18.5. The fraction of sp³-hybridized carbons (Fsp3) is 0.538. The van der Waals surface area contributed by atoms with Gasteiger partial charge >= 0.3 is 0 Å². The van der Waals surface area contributed by atoms with Crippen LogP contribution in [0, 0.1) is 5.82 Å². The number of nitrogens with one attached hydrogen (secondary N) is 2. The van der Waals surface area contributed by atoms with Crippen molar-refractivity contribution in [3.05, 3.63) is 29.6 Å². The minimum Gasteiger partial charge on any atom is -0.494 e. The van der Waals surface area contributed by atoms with E-state index in [2.05, 4.69) is 10.6 Å². The summed E-state index contributed by atoms with van der Waals surface area (Å²) in [5, 5.41) is 6.63. The van der Waals surface area contributed by atoms with Crippen LogP contribution in [-0.4, -0.2) is 26.7 Å². The zero-order valence-electron chi connectivity index (χ0n) is 10.3. The Kier molecular flexibility index (Phi) is 3.97. The summed E-state index contributed by atoms with van der Waals surface area (Å²) >= 11 is 0. The average Bonchev–Trinajstić information content (AvgIpc) is 3.14. The Morgan fingerprint density at radius 2 is 2.24 bits per heavy atom. The molecule has 0 bridgehead atoms. The molecule has 1 aliphatic carbocycles. The third kappa shape index (κ3) is 3.17. The van der Waals surface area contributed by atoms with Gasteiger partial charge in [-0.2, -0.15) is 0 Å². The minimum absolute atomic E-state index is 0.135. The second-order valence-electron chi connectivity index (χ2n) is 4.42. The first-order valence-corrected chi connectivity index (χ1v) is 5.98. The Bertz CT molecular complexity index is 380. The Labute approximate surface area is 101 Å². The van der Waals surface area contributed by atoms with Crippen LogP contribution in [0.4, 0.5) is 4.39 Å². The molecule has 4 heteroatoms. The maximum atomic E-state index is 13.6. The normalized spacial score (nSPS) is 16.9. The second kappa shape index (κ2) is 5.47. The van der Waals surface area contributed by atoms with Gasteiger partial charge in [-0.05, 0) is 37.6 Å². The van der Waals surface area contributed by atoms with Crippen LogP contribution in [0.15, 0.2) is 18.2 Å². The number of halogens is 1. The molecule has 3 nitrogen and oxygen atoms in total. The standard InChI is InChI=1S/C13H19FN2O/c1-15-12(8-16-10-4-5-10)9-3-6-13(17-2)11(14)7-9/h3,6-7,10,12,15-16H,4-5,8H2,1-2H3. The Balaban J connectivity index is 2.03. The van der Waals surface area contributed by atoms with Crippen molar-refractivity contribution in [1.29, 1.82) is 0 Å². The fourth-order valence-corrected chi connectivity index (χ4v) is 1.86. The number of hydrogen-bond donors (Lipinski definition) is 2. The number of hydrogen-bond acceptors (Lipinski definition) is 3. The molecule has 0 amide bonds. The van der Waals surface area contributed by atoms with Crippen LogP contribution in [0.2, 0.25) is 0 Å². The molecular formula is C13H19FN2O. The number of likely N-dealkylation sites (N-methyl/N-ethyl adjacent to an activating group) is 1. The van der Waals surface area contributed by atoms with Crippen LogP contribution in [0.1, 0.15) is 24.4 Å². The molecule has 0 aliphatic heterocycles. The molecule has 1 unspecified atom stereocenters. The molecule has 0 spiro atoms. The van der Waals surface area contributed by atoms with Crippen molar-refractivity contribution < 1.29 is 9.13 Å². The van der Waals surface area contributed by atoms with E-state index < -0.39 is 0 Å². The summed E-state index contributed by atoms with van der Waals surface area (Å²) in [6, 6.07) is 5.91. The lowest BCUT2D eigenvalue weighted by Gasteiger charge is -2.18. The highest BCUT2D eigenvalue weighted by Gasteiger charge is 2.22. The lowest BCUT2D eigenvalue weighted by atomic mass is 10.1. The van der Waals surface area contributed by atoms with E-state index in [0.29, 0.717) is 11.8 Å². The molecule has 0 saturated heterocycles. The number of methoxy groups -OCH3 is 1. The molecule has 1 fully saturated rings. The molecule has 17 heavy (non-hydrogen) atoms. The molecule has 1 aliphatic rings. The zero-order valence-corrected chi connectivity index (χ0v) is 10.3. The number of benzene rings is 1. The van der Waals surface area contributed by atoms with Crippen LogP contribution in [0.25, 0.3) is 0 Å². The molecule has 0 aromatic heterocycles. The summed E-state index contributed by atoms with van der Waals surface area (Å²) in [4.78, 5) is 0. The summed E-state index contributed by atoms with van der Waals surface area (Å²) in [7, 11) is 3.36. The Morgan fingerprint density at radius 3 is 2.76 bits per heavy atom. The van der Waals surface area contributed by atoms with Gasteiger partial charge in [0.1, 0.15) is 0 Å². The van der Waals surface area contributed by atoms with Crippen molar-refractivity contribution in [2.24, 2.45) is 0 Å². The molecule has 2 rings (SSSR count). The van der Waals surface area contributed by atoms with Gasteiger partial charge in [0.05, 0.1) is 7.11 Å². The molecule has 0 radical (unpaired) electrons. The third-order valence-corrected chi connectivity index (χ3v) is 3.11. The highest BCUT2D eigenvalue weighted by molar-refractivity contribution is 5.31. The van der Waals surface area contributed by atoms with Crippen molar-refractivity contribution in [2.75, 3.05) is 20.7 Å². The van der Waals surface area contributed by atoms with Crippen molar-refractivity contribution in [3.63, 3.8) is 0 Å². The smallest absolute Gasteiger partial charge is 0.165 e. The average molecular weight is 238 g/mol. The minimum atomic E-state index is -0.309. The summed E-state index contributed by atoms with van der Waals surface area (Å²) in [6.45, 7) is 0.826. The van der Waals surface area contributed by atoms with Gasteiger partial charge in [0.2, 0.25) is 0 Å². The van der Waals surface area contributed by atoms with Gasteiger partial charge in [-0.25, -0.2) is 4.39 Å². The van der Waals surface area contributed by atoms with Gasteiger partial charge in [-0.1, -0.05) is 6.07 Å². The largest absolute Gasteiger partial charge is 0.494 e. The van der Waals surface area contributed by atoms with Crippen LogP contribution in [0.3, 0.4) is 0 Å². The van der Waals surface area contributed by atoms with Crippen LogP contribution in [-0.2, 0) is 0 Å². The van der Waals surface area contributed by atoms with Gasteiger partial charge in [-0.15, -0.1) is 0 Å². The van der Waals surface area contributed by atoms with Crippen molar-refractivity contribution in [3.8, 4) is 5.75 Å². The molecule has 1 aromatic carbocycles. The van der Waals surface area contributed by atoms with E-state index in [1.807, 2.05) is 13.1 Å². The molecule has 1 aromatic rings. The molecule has 1 atom stereocenters. The first-order chi connectivity index (χ1) is 8.24. The van der Waals surface area contributed by atoms with Crippen molar-refractivity contribution in [1.82, 2.24) is 10.6 Å². The molecular weight excluding hydrogens is 219 g/mol. The fourth-order valence-electron chi connectivity index (χ4n) is 1.86. The quantitative estimate of drug-likeness (QED) is 0.793. The highest BCUT2D eigenvalue weighted by Crippen LogP contribution is 2.23. The Morgan fingerprint density at radius 1 is 1.47 bits per heavy atom. The van der Waals surface area contributed by atoms with E-state index >= 15 is 0 Å². The van der Waals surface area contributed by atoms with Gasteiger partial charge < -0.3 is 15.4 Å². The highest BCUT2D eigenvalue weighted by atomic mass is 19.1. The van der Waals surface area contributed by atoms with Crippen molar-refractivity contribution in [2.45, 2.75) is 24.9 Å². The van der Waals surface area contributed by atoms with Gasteiger partial charge in [-0.3, -0.25) is 0 Å². The van der Waals surface area contributed by atoms with Crippen LogP contribution < -0.4 is 15.4 Å². The second-order valence-corrected chi connectivity index (χ2v) is 4.42. The summed E-state index contributed by atoms with van der Waals surface area (Å²) in [6.07, 6.45) is 2.51. The summed E-state index contributed by atoms with van der Waals surface area (Å²) in [5.41, 5.74) is 0.943. The van der Waals surface area contributed by atoms with E-state index in [1.165, 1.54) is 26.0 Å². The van der Waals surface area contributed by atoms with Gasteiger partial charge in [0.15, 0.2) is 11.6 Å². The third-order valence-electron chi connectivity index (χ3n) is 3.11. The topological polar surface area (TPSA) is 33.3 Å². The van der Waals surface area contributed by atoms with Crippen LogP contribution in [0.5, 0.6) is 5.75 Å². The number of ether oxygens (including phenoxy) is 1. The predicted molar refractivity (Wildman–Crippen MR) is 65.8 cm³/mol. The first-order valence-electron chi connectivity index (χ1n) is 5.98. The molecule has 94 valence electrons. The van der Waals surface area contributed by atoms with E-state index in [0.717, 1.165) is 12.1 Å². The molecule has 1 saturated carbocycles. The van der Waals surface area contributed by atoms with Crippen LogP contribution >= 0.6 is 0 Å². The summed E-state index contributed by atoms with van der Waals surface area (Å²) in [5.74, 6) is -0.0181. The van der Waals surface area contributed by atoms with E-state index in [1.54, 1.807) is 6.07 Å². The van der Waals surface area contributed by atoms with Crippen molar-refractivity contribution >= 4 is 0 Å². The molecule has 0 heterocycles. The lowest BCUT2D eigenvalue weighted by Crippen LogP contribution is -2.30.